The van der Waals surface area contributed by atoms with Crippen LogP contribution < -0.4 is 0 Å². The Bertz CT molecular complexity index is 1510. The molecule has 11 unspecified atom stereocenters. The Balaban J connectivity index is 1.81. The minimum Gasteiger partial charge on any atom is -0.458 e. The zero-order valence-corrected chi connectivity index (χ0v) is 38.5. The van der Waals surface area contributed by atoms with E-state index in [4.69, 9.17) is 32.8 Å². The normalized spacial score (nSPS) is 28.6. The molecule has 1 aromatic rings. The highest BCUT2D eigenvalue weighted by Crippen LogP contribution is 2.38. The molecule has 10 nitrogen and oxygen atoms in total. The van der Waals surface area contributed by atoms with Crippen molar-refractivity contribution in [3.63, 3.8) is 0 Å². The third-order valence-electron chi connectivity index (χ3n) is 12.0. The van der Waals surface area contributed by atoms with Gasteiger partial charge in [0.25, 0.3) is 0 Å². The number of carbonyl (C=O) groups excluding carboxylic acids is 3. The van der Waals surface area contributed by atoms with Crippen LogP contribution in [0.15, 0.2) is 66.3 Å². The summed E-state index contributed by atoms with van der Waals surface area (Å²) < 4.78 is 43.6. The zero-order chi connectivity index (χ0) is 43.0. The lowest BCUT2D eigenvalue weighted by atomic mass is 9.88. The van der Waals surface area contributed by atoms with Crippen LogP contribution in [0.4, 0.5) is 0 Å². The van der Waals surface area contributed by atoms with Gasteiger partial charge in [-0.1, -0.05) is 91.0 Å². The van der Waals surface area contributed by atoms with E-state index in [0.29, 0.717) is 31.4 Å². The molecule has 2 heterocycles. The van der Waals surface area contributed by atoms with Crippen molar-refractivity contribution in [3.05, 3.63) is 71.8 Å². The number of esters is 3. The number of epoxide rings is 1. The van der Waals surface area contributed by atoms with Gasteiger partial charge in [-0.25, -0.2) is 4.79 Å². The van der Waals surface area contributed by atoms with Gasteiger partial charge in [0, 0.05) is 25.4 Å². The first-order chi connectivity index (χ1) is 27.5. The molecule has 0 bridgehead atoms. The molecule has 0 amide bonds. The quantitative estimate of drug-likeness (QED) is 0.0239. The van der Waals surface area contributed by atoms with Crippen LogP contribution >= 0.6 is 0 Å². The Labute approximate surface area is 350 Å². The minimum atomic E-state index is -2.11. The van der Waals surface area contributed by atoms with Crippen LogP contribution in [-0.2, 0) is 42.4 Å². The Hall–Kier alpha value is -3.09. The van der Waals surface area contributed by atoms with Crippen molar-refractivity contribution in [2.45, 2.75) is 182 Å². The van der Waals surface area contributed by atoms with Gasteiger partial charge in [0.15, 0.2) is 14.6 Å². The van der Waals surface area contributed by atoms with Gasteiger partial charge < -0.3 is 32.8 Å². The van der Waals surface area contributed by atoms with Crippen LogP contribution in [0.5, 0.6) is 0 Å². The van der Waals surface area contributed by atoms with E-state index in [1.165, 1.54) is 6.92 Å². The van der Waals surface area contributed by atoms with E-state index in [9.17, 15) is 14.4 Å². The van der Waals surface area contributed by atoms with Crippen molar-refractivity contribution in [1.29, 1.82) is 0 Å². The number of rotatable bonds is 20. The highest BCUT2D eigenvalue weighted by Gasteiger charge is 2.46. The summed E-state index contributed by atoms with van der Waals surface area (Å²) in [4.78, 5) is 39.1. The van der Waals surface area contributed by atoms with Gasteiger partial charge in [0.05, 0.1) is 30.3 Å². The summed E-state index contributed by atoms with van der Waals surface area (Å²) in [6.45, 7) is 24.4. The fraction of sp³-hybridized carbons (Fsp3) is 0.681. The standard InChI is InChI=1S/C47H74O10Si/c1-13-40(54-46(50)38-24-19-18-20-25-38)35(9)45-41(53-45)30-32(6)22-21-23-33(7)44-34(8)26-27-42(52-36(10)48)47(12,56-37(11)51-14-2)29-28-39(31-43(49)55-44)57-58(15-3,16-4)17-5/h18-27,32,34-35,37,39-42,44-45H,13-17,28-31H2,1-12H3/b22-21+,27-26-,33-23+. The lowest BCUT2D eigenvalue weighted by Gasteiger charge is -2.40. The van der Waals surface area contributed by atoms with Crippen molar-refractivity contribution in [3.8, 4) is 0 Å². The molecule has 1 saturated heterocycles. The molecule has 11 atom stereocenters. The van der Waals surface area contributed by atoms with E-state index >= 15 is 0 Å². The Kier molecular flexibility index (Phi) is 20.1. The van der Waals surface area contributed by atoms with E-state index in [2.05, 4.69) is 40.7 Å². The van der Waals surface area contributed by atoms with Crippen LogP contribution in [0.3, 0.4) is 0 Å². The second-order valence-corrected chi connectivity index (χ2v) is 21.3. The van der Waals surface area contributed by atoms with E-state index in [1.807, 2.05) is 84.0 Å². The molecule has 0 radical (unpaired) electrons. The molecule has 0 spiro atoms. The molecule has 1 fully saturated rings. The molecule has 11 heteroatoms. The average molecular weight is 827 g/mol. The number of allylic oxidation sites excluding steroid dienone is 3. The highest BCUT2D eigenvalue weighted by molar-refractivity contribution is 6.73. The monoisotopic (exact) mass is 827 g/mol. The molecule has 0 saturated carbocycles. The second-order valence-electron chi connectivity index (χ2n) is 16.6. The van der Waals surface area contributed by atoms with Crippen molar-refractivity contribution in [1.82, 2.24) is 0 Å². The summed E-state index contributed by atoms with van der Waals surface area (Å²) in [6, 6.07) is 11.9. The van der Waals surface area contributed by atoms with Gasteiger partial charge in [-0.2, -0.15) is 0 Å². The largest absolute Gasteiger partial charge is 0.458 e. The summed E-state index contributed by atoms with van der Waals surface area (Å²) in [5, 5.41) is 0. The number of ether oxygens (including phenoxy) is 6. The van der Waals surface area contributed by atoms with Crippen molar-refractivity contribution in [2.75, 3.05) is 6.61 Å². The SMILES string of the molecule is CCOC(C)OC1(C)CCC(O[Si](CC)(CC)CC)CC(=O)OC(/C(C)=C/C=C/C(C)CC2OC2C(C)C(CC)OC(=O)c2ccccc2)C(C)/C=C\C1OC(C)=O. The maximum absolute atomic E-state index is 13.8. The maximum atomic E-state index is 13.8. The number of benzene rings is 1. The van der Waals surface area contributed by atoms with Gasteiger partial charge in [0.2, 0.25) is 0 Å². The van der Waals surface area contributed by atoms with Crippen LogP contribution in [0.1, 0.15) is 126 Å². The first kappa shape index (κ1) is 49.3. The van der Waals surface area contributed by atoms with E-state index < -0.39 is 38.4 Å². The summed E-state index contributed by atoms with van der Waals surface area (Å²) in [5.41, 5.74) is 0.478. The van der Waals surface area contributed by atoms with Gasteiger partial charge in [-0.05, 0) is 101 Å². The molecule has 3 rings (SSSR count). The second kappa shape index (κ2) is 23.6. The first-order valence-corrected chi connectivity index (χ1v) is 24.4. The maximum Gasteiger partial charge on any atom is 0.338 e. The third-order valence-corrected chi connectivity index (χ3v) is 16.7. The predicted molar refractivity (Wildman–Crippen MR) is 231 cm³/mol. The van der Waals surface area contributed by atoms with Crippen LogP contribution in [0.25, 0.3) is 0 Å². The van der Waals surface area contributed by atoms with Crippen molar-refractivity contribution < 1.29 is 47.2 Å². The average Bonchev–Trinajstić information content (AvgIpc) is 3.96. The minimum absolute atomic E-state index is 0.0305. The zero-order valence-electron chi connectivity index (χ0n) is 37.5. The number of hydrogen-bond acceptors (Lipinski definition) is 10. The molecule has 2 aliphatic rings. The van der Waals surface area contributed by atoms with Crippen LogP contribution in [0, 0.1) is 17.8 Å². The molecular formula is C47H74O10Si. The topological polar surface area (TPSA) is 119 Å². The molecule has 1 aromatic carbocycles. The summed E-state index contributed by atoms with van der Waals surface area (Å²) in [7, 11) is -2.11. The van der Waals surface area contributed by atoms with Gasteiger partial charge in [0.1, 0.15) is 23.9 Å². The molecular weight excluding hydrogens is 753 g/mol. The first-order valence-electron chi connectivity index (χ1n) is 21.8. The predicted octanol–water partition coefficient (Wildman–Crippen LogP) is 10.3. The summed E-state index contributed by atoms with van der Waals surface area (Å²) in [5.74, 6) is -0.996. The smallest absolute Gasteiger partial charge is 0.338 e. The van der Waals surface area contributed by atoms with E-state index in [0.717, 1.165) is 30.1 Å². The fourth-order valence-corrected chi connectivity index (χ4v) is 11.0. The highest BCUT2D eigenvalue weighted by atomic mass is 28.4. The van der Waals surface area contributed by atoms with Gasteiger partial charge in [-0.15, -0.1) is 0 Å². The molecule has 326 valence electrons. The lowest BCUT2D eigenvalue weighted by Crippen LogP contribution is -2.48. The molecule has 58 heavy (non-hydrogen) atoms. The third kappa shape index (κ3) is 14.9. The molecule has 2 aliphatic heterocycles. The Morgan fingerprint density at radius 3 is 2.28 bits per heavy atom. The van der Waals surface area contributed by atoms with Crippen LogP contribution in [0.2, 0.25) is 18.1 Å². The Morgan fingerprint density at radius 1 is 1.00 bits per heavy atom. The summed E-state index contributed by atoms with van der Waals surface area (Å²) >= 11 is 0. The van der Waals surface area contributed by atoms with Gasteiger partial charge >= 0.3 is 17.9 Å². The summed E-state index contributed by atoms with van der Waals surface area (Å²) in [6.07, 6.45) is 10.3. The van der Waals surface area contributed by atoms with E-state index in [-0.39, 0.29) is 60.5 Å². The number of carbonyl (C=O) groups is 3. The number of cyclic esters (lactones) is 1. The van der Waals surface area contributed by atoms with Crippen LogP contribution in [-0.4, -0.2) is 81.3 Å². The van der Waals surface area contributed by atoms with Crippen molar-refractivity contribution in [2.24, 2.45) is 17.8 Å². The Morgan fingerprint density at radius 2 is 1.67 bits per heavy atom. The lowest BCUT2D eigenvalue weighted by molar-refractivity contribution is -0.227. The molecule has 0 aromatic heterocycles. The van der Waals surface area contributed by atoms with Crippen molar-refractivity contribution >= 4 is 26.2 Å². The van der Waals surface area contributed by atoms with E-state index in [1.54, 1.807) is 12.1 Å². The molecule has 0 aliphatic carbocycles. The fourth-order valence-electron chi connectivity index (χ4n) is 8.13. The number of hydrogen-bond donors (Lipinski definition) is 0. The molecule has 0 N–H and O–H groups in total. The van der Waals surface area contributed by atoms with Gasteiger partial charge in [-0.3, -0.25) is 9.59 Å².